The van der Waals surface area contributed by atoms with Crippen molar-refractivity contribution in [3.63, 3.8) is 0 Å². The number of hydrogen-bond donors (Lipinski definition) is 2. The molecule has 0 bridgehead atoms. The summed E-state index contributed by atoms with van der Waals surface area (Å²) in [6.07, 6.45) is 6.52. The molecule has 2 aliphatic rings. The Labute approximate surface area is 186 Å². The predicted octanol–water partition coefficient (Wildman–Crippen LogP) is 2.68. The van der Waals surface area contributed by atoms with Crippen LogP contribution in [0.3, 0.4) is 0 Å². The molecule has 0 spiro atoms. The molecule has 1 saturated carbocycles. The van der Waals surface area contributed by atoms with Crippen molar-refractivity contribution in [1.29, 1.82) is 0 Å². The molecule has 0 aromatic rings. The van der Waals surface area contributed by atoms with Gasteiger partial charge in [0.1, 0.15) is 6.10 Å². The van der Waals surface area contributed by atoms with E-state index < -0.39 is 0 Å². The Hall–Kier alpha value is -1.06. The van der Waals surface area contributed by atoms with Gasteiger partial charge in [-0.2, -0.15) is 0 Å². The first-order valence-corrected chi connectivity index (χ1v) is 10.5. The van der Waals surface area contributed by atoms with E-state index in [2.05, 4.69) is 15.6 Å². The highest BCUT2D eigenvalue weighted by Crippen LogP contribution is 2.21. The first-order valence-electron chi connectivity index (χ1n) is 10.5. The van der Waals surface area contributed by atoms with Gasteiger partial charge in [0.05, 0.1) is 0 Å². The largest absolute Gasteiger partial charge is 0.462 e. The molecule has 1 heterocycles. The van der Waals surface area contributed by atoms with Crippen molar-refractivity contribution >= 4 is 41.8 Å². The fourth-order valence-corrected chi connectivity index (χ4v) is 3.62. The number of nitrogens with zero attached hydrogens (tertiary/aromatic N) is 2. The van der Waals surface area contributed by atoms with Crippen LogP contribution in [0.4, 0.5) is 0 Å². The number of amides is 1. The summed E-state index contributed by atoms with van der Waals surface area (Å²) in [5.41, 5.74) is 0. The lowest BCUT2D eigenvalue weighted by Crippen LogP contribution is -2.45. The summed E-state index contributed by atoms with van der Waals surface area (Å²) in [6, 6.07) is 0.220. The number of nitrogens with one attached hydrogen (secondary N) is 2. The molecule has 1 aliphatic heterocycles. The second-order valence-electron chi connectivity index (χ2n) is 7.83. The van der Waals surface area contributed by atoms with Crippen LogP contribution >= 0.6 is 24.0 Å². The normalized spacial score (nSPS) is 20.2. The molecule has 28 heavy (non-hydrogen) atoms. The number of carbonyl (C=O) groups is 2. The number of hydrogen-bond acceptors (Lipinski definition) is 4. The number of halogens is 1. The number of guanidine groups is 1. The Bertz CT molecular complexity index is 522. The molecular formula is C20H37IN4O3. The van der Waals surface area contributed by atoms with Gasteiger partial charge in [-0.05, 0) is 45.4 Å². The molecule has 162 valence electrons. The molecule has 1 saturated heterocycles. The number of esters is 1. The topological polar surface area (TPSA) is 83.0 Å². The van der Waals surface area contributed by atoms with Gasteiger partial charge < -0.3 is 20.3 Å². The van der Waals surface area contributed by atoms with Crippen LogP contribution in [0.15, 0.2) is 4.99 Å². The van der Waals surface area contributed by atoms with Crippen LogP contribution in [0.25, 0.3) is 0 Å². The summed E-state index contributed by atoms with van der Waals surface area (Å²) in [7, 11) is 0. The van der Waals surface area contributed by atoms with Crippen molar-refractivity contribution in [2.45, 2.75) is 77.9 Å². The predicted molar refractivity (Wildman–Crippen MR) is 122 cm³/mol. The molecule has 1 atom stereocenters. The zero-order valence-electron chi connectivity index (χ0n) is 17.5. The quantitative estimate of drug-likeness (QED) is 0.173. The second-order valence-corrected chi connectivity index (χ2v) is 7.83. The molecular weight excluding hydrogens is 471 g/mol. The lowest BCUT2D eigenvalue weighted by molar-refractivity contribution is -0.148. The van der Waals surface area contributed by atoms with E-state index in [1.807, 2.05) is 25.7 Å². The van der Waals surface area contributed by atoms with Gasteiger partial charge in [-0.15, -0.1) is 24.0 Å². The summed E-state index contributed by atoms with van der Waals surface area (Å²) in [5, 5.41) is 6.66. The van der Waals surface area contributed by atoms with E-state index in [1.54, 1.807) is 0 Å². The zero-order valence-corrected chi connectivity index (χ0v) is 19.9. The molecule has 8 heteroatoms. The SMILES string of the molecule is CCNC(=NCCCC(=O)OC1CCCC1)NC1CCN(C(=O)C(C)C)C1.I. The maximum atomic E-state index is 12.1. The summed E-state index contributed by atoms with van der Waals surface area (Å²) < 4.78 is 5.47. The van der Waals surface area contributed by atoms with Crippen molar-refractivity contribution in [3.8, 4) is 0 Å². The van der Waals surface area contributed by atoms with Crippen LogP contribution in [0.5, 0.6) is 0 Å². The average Bonchev–Trinajstić information content (AvgIpc) is 3.30. The van der Waals surface area contributed by atoms with Crippen LogP contribution < -0.4 is 10.6 Å². The van der Waals surface area contributed by atoms with E-state index in [-0.39, 0.29) is 53.9 Å². The van der Waals surface area contributed by atoms with Crippen LogP contribution in [0, 0.1) is 5.92 Å². The van der Waals surface area contributed by atoms with E-state index in [9.17, 15) is 9.59 Å². The molecule has 7 nitrogen and oxygen atoms in total. The molecule has 1 amide bonds. The maximum Gasteiger partial charge on any atom is 0.306 e. The third-order valence-corrected chi connectivity index (χ3v) is 5.09. The smallest absolute Gasteiger partial charge is 0.306 e. The monoisotopic (exact) mass is 508 g/mol. The molecule has 2 N–H and O–H groups in total. The molecule has 2 rings (SSSR count). The van der Waals surface area contributed by atoms with Gasteiger partial charge >= 0.3 is 5.97 Å². The molecule has 0 radical (unpaired) electrons. The van der Waals surface area contributed by atoms with E-state index in [1.165, 1.54) is 12.8 Å². The van der Waals surface area contributed by atoms with Gasteiger partial charge in [-0.25, -0.2) is 0 Å². The van der Waals surface area contributed by atoms with Crippen molar-refractivity contribution in [2.75, 3.05) is 26.2 Å². The molecule has 1 unspecified atom stereocenters. The molecule has 2 fully saturated rings. The number of ether oxygens (including phenoxy) is 1. The zero-order chi connectivity index (χ0) is 19.6. The highest BCUT2D eigenvalue weighted by molar-refractivity contribution is 14.0. The Morgan fingerprint density at radius 1 is 1.21 bits per heavy atom. The van der Waals surface area contributed by atoms with Crippen LogP contribution in [-0.4, -0.2) is 61.1 Å². The summed E-state index contributed by atoms with van der Waals surface area (Å²) in [6.45, 7) is 8.77. The molecule has 0 aromatic carbocycles. The lowest BCUT2D eigenvalue weighted by atomic mass is 10.2. The van der Waals surface area contributed by atoms with Gasteiger partial charge in [0.25, 0.3) is 0 Å². The maximum absolute atomic E-state index is 12.1. The van der Waals surface area contributed by atoms with Crippen LogP contribution in [0.1, 0.15) is 65.7 Å². The Balaban J connectivity index is 0.00000392. The second kappa shape index (κ2) is 13.2. The van der Waals surface area contributed by atoms with Gasteiger partial charge in [0.15, 0.2) is 5.96 Å². The van der Waals surface area contributed by atoms with Crippen LogP contribution in [0.2, 0.25) is 0 Å². The minimum absolute atomic E-state index is 0. The van der Waals surface area contributed by atoms with Gasteiger partial charge in [-0.1, -0.05) is 13.8 Å². The summed E-state index contributed by atoms with van der Waals surface area (Å²) in [4.78, 5) is 30.5. The molecule has 0 aromatic heterocycles. The minimum atomic E-state index is -0.103. The number of aliphatic imine (C=N–C) groups is 1. The third-order valence-electron chi connectivity index (χ3n) is 5.09. The fourth-order valence-electron chi connectivity index (χ4n) is 3.62. The van der Waals surface area contributed by atoms with E-state index in [0.717, 1.165) is 44.9 Å². The first-order chi connectivity index (χ1) is 13.0. The van der Waals surface area contributed by atoms with E-state index in [4.69, 9.17) is 4.74 Å². The van der Waals surface area contributed by atoms with Gasteiger partial charge in [-0.3, -0.25) is 14.6 Å². The van der Waals surface area contributed by atoms with Gasteiger partial charge in [0.2, 0.25) is 5.91 Å². The van der Waals surface area contributed by atoms with E-state index >= 15 is 0 Å². The Morgan fingerprint density at radius 2 is 1.93 bits per heavy atom. The highest BCUT2D eigenvalue weighted by atomic mass is 127. The van der Waals surface area contributed by atoms with Crippen molar-refractivity contribution in [1.82, 2.24) is 15.5 Å². The van der Waals surface area contributed by atoms with Crippen molar-refractivity contribution in [2.24, 2.45) is 10.9 Å². The fraction of sp³-hybridized carbons (Fsp3) is 0.850. The molecule has 1 aliphatic carbocycles. The number of rotatable bonds is 8. The minimum Gasteiger partial charge on any atom is -0.462 e. The Morgan fingerprint density at radius 3 is 2.57 bits per heavy atom. The van der Waals surface area contributed by atoms with Crippen molar-refractivity contribution in [3.05, 3.63) is 0 Å². The standard InChI is InChI=1S/C20H36N4O3.HI/c1-4-21-20(23-16-11-13-24(14-16)19(26)15(2)3)22-12-7-10-18(25)27-17-8-5-6-9-17;/h15-17H,4-14H2,1-3H3,(H2,21,22,23);1H. The third kappa shape index (κ3) is 8.53. The van der Waals surface area contributed by atoms with E-state index in [0.29, 0.717) is 19.4 Å². The van der Waals surface area contributed by atoms with Gasteiger partial charge in [0, 0.05) is 44.6 Å². The number of likely N-dealkylation sites (tertiary alicyclic amines) is 1. The van der Waals surface area contributed by atoms with Crippen LogP contribution in [-0.2, 0) is 14.3 Å². The number of carbonyl (C=O) groups excluding carboxylic acids is 2. The Kier molecular flexibility index (Phi) is 11.8. The lowest BCUT2D eigenvalue weighted by Gasteiger charge is -2.20. The highest BCUT2D eigenvalue weighted by Gasteiger charge is 2.28. The van der Waals surface area contributed by atoms with Crippen molar-refractivity contribution < 1.29 is 14.3 Å². The summed E-state index contributed by atoms with van der Waals surface area (Å²) >= 11 is 0. The summed E-state index contributed by atoms with van der Waals surface area (Å²) in [5.74, 6) is 0.899. The first kappa shape index (κ1) is 25.0. The average molecular weight is 508 g/mol.